The number of amides is 1. The van der Waals surface area contributed by atoms with E-state index in [0.717, 1.165) is 0 Å². The van der Waals surface area contributed by atoms with Crippen molar-refractivity contribution < 1.29 is 14.3 Å². The van der Waals surface area contributed by atoms with Gasteiger partial charge in [0, 0.05) is 17.4 Å². The zero-order valence-corrected chi connectivity index (χ0v) is 12.1. The van der Waals surface area contributed by atoms with E-state index in [9.17, 15) is 9.59 Å². The first-order valence-electron chi connectivity index (χ1n) is 6.48. The Bertz CT molecular complexity index is 500. The standard InChI is InChI=1S/C14H21N3O3/c1-4-20-13(18)8-17(9(2)3)14(19)11-6-5-10(15)7-12(11)16/h5-7,9H,4,8,15-16H2,1-3H3. The highest BCUT2D eigenvalue weighted by Gasteiger charge is 2.23. The fourth-order valence-electron chi connectivity index (χ4n) is 1.77. The third kappa shape index (κ3) is 3.88. The van der Waals surface area contributed by atoms with Gasteiger partial charge >= 0.3 is 5.97 Å². The fourth-order valence-corrected chi connectivity index (χ4v) is 1.77. The van der Waals surface area contributed by atoms with Crippen LogP contribution >= 0.6 is 0 Å². The van der Waals surface area contributed by atoms with Crippen molar-refractivity contribution in [3.05, 3.63) is 23.8 Å². The number of anilines is 2. The third-order valence-electron chi connectivity index (χ3n) is 2.80. The smallest absolute Gasteiger partial charge is 0.325 e. The summed E-state index contributed by atoms with van der Waals surface area (Å²) in [5.41, 5.74) is 12.5. The van der Waals surface area contributed by atoms with E-state index >= 15 is 0 Å². The fraction of sp³-hybridized carbons (Fsp3) is 0.429. The molecule has 4 N–H and O–H groups in total. The molecule has 1 rings (SSSR count). The maximum absolute atomic E-state index is 12.5. The SMILES string of the molecule is CCOC(=O)CN(C(=O)c1ccc(N)cc1N)C(C)C. The molecule has 0 saturated carbocycles. The third-order valence-corrected chi connectivity index (χ3v) is 2.80. The first-order valence-corrected chi connectivity index (χ1v) is 6.48. The number of hydrogen-bond donors (Lipinski definition) is 2. The molecule has 0 fully saturated rings. The Morgan fingerprint density at radius 1 is 1.30 bits per heavy atom. The second-order valence-corrected chi connectivity index (χ2v) is 4.68. The molecule has 0 spiro atoms. The van der Waals surface area contributed by atoms with Crippen LogP contribution in [0.15, 0.2) is 18.2 Å². The summed E-state index contributed by atoms with van der Waals surface area (Å²) in [5.74, 6) is -0.755. The number of ether oxygens (including phenoxy) is 1. The van der Waals surface area contributed by atoms with E-state index < -0.39 is 5.97 Å². The second kappa shape index (κ2) is 6.79. The molecular weight excluding hydrogens is 258 g/mol. The molecule has 0 saturated heterocycles. The minimum atomic E-state index is -0.441. The monoisotopic (exact) mass is 279 g/mol. The van der Waals surface area contributed by atoms with Crippen molar-refractivity contribution in [2.75, 3.05) is 24.6 Å². The van der Waals surface area contributed by atoms with Gasteiger partial charge in [0.2, 0.25) is 0 Å². The lowest BCUT2D eigenvalue weighted by Gasteiger charge is -2.26. The predicted molar refractivity (Wildman–Crippen MR) is 78.1 cm³/mol. The molecule has 0 bridgehead atoms. The molecule has 0 aliphatic carbocycles. The number of nitrogens with two attached hydrogens (primary N) is 2. The van der Waals surface area contributed by atoms with Crippen LogP contribution in [-0.2, 0) is 9.53 Å². The van der Waals surface area contributed by atoms with Crippen LogP contribution in [0.3, 0.4) is 0 Å². The summed E-state index contributed by atoms with van der Waals surface area (Å²) in [6.07, 6.45) is 0. The van der Waals surface area contributed by atoms with Crippen LogP contribution in [0.25, 0.3) is 0 Å². The van der Waals surface area contributed by atoms with E-state index in [1.807, 2.05) is 13.8 Å². The van der Waals surface area contributed by atoms with Crippen LogP contribution in [0.2, 0.25) is 0 Å². The van der Waals surface area contributed by atoms with E-state index in [1.165, 1.54) is 11.0 Å². The molecule has 0 heterocycles. The minimum absolute atomic E-state index is 0.103. The number of rotatable bonds is 5. The quantitative estimate of drug-likeness (QED) is 0.624. The average Bonchev–Trinajstić information content (AvgIpc) is 2.35. The summed E-state index contributed by atoms with van der Waals surface area (Å²) < 4.78 is 4.87. The Labute approximate surface area is 118 Å². The first kappa shape index (κ1) is 15.8. The Kier molecular flexibility index (Phi) is 5.37. The zero-order chi connectivity index (χ0) is 15.3. The van der Waals surface area contributed by atoms with Gasteiger partial charge in [0.1, 0.15) is 6.54 Å². The summed E-state index contributed by atoms with van der Waals surface area (Å²) in [6.45, 7) is 5.55. The van der Waals surface area contributed by atoms with Crippen molar-refractivity contribution in [3.8, 4) is 0 Å². The summed E-state index contributed by atoms with van der Waals surface area (Å²) in [6, 6.07) is 4.54. The van der Waals surface area contributed by atoms with Crippen LogP contribution in [0.1, 0.15) is 31.1 Å². The molecule has 6 nitrogen and oxygen atoms in total. The Hall–Kier alpha value is -2.24. The zero-order valence-electron chi connectivity index (χ0n) is 12.1. The molecule has 0 aliphatic rings. The van der Waals surface area contributed by atoms with Crippen LogP contribution in [0.5, 0.6) is 0 Å². The van der Waals surface area contributed by atoms with Crippen molar-refractivity contribution >= 4 is 23.3 Å². The highest BCUT2D eigenvalue weighted by molar-refractivity contribution is 6.01. The lowest BCUT2D eigenvalue weighted by molar-refractivity contribution is -0.144. The maximum Gasteiger partial charge on any atom is 0.325 e. The van der Waals surface area contributed by atoms with Gasteiger partial charge in [0.15, 0.2) is 0 Å². The van der Waals surface area contributed by atoms with Crippen molar-refractivity contribution in [1.82, 2.24) is 4.90 Å². The molecule has 110 valence electrons. The number of carbonyl (C=O) groups is 2. The highest BCUT2D eigenvalue weighted by Crippen LogP contribution is 2.18. The highest BCUT2D eigenvalue weighted by atomic mass is 16.5. The summed E-state index contributed by atoms with van der Waals surface area (Å²) in [5, 5.41) is 0. The number of esters is 1. The minimum Gasteiger partial charge on any atom is -0.465 e. The average molecular weight is 279 g/mol. The molecular formula is C14H21N3O3. The molecule has 20 heavy (non-hydrogen) atoms. The lowest BCUT2D eigenvalue weighted by atomic mass is 10.1. The summed E-state index contributed by atoms with van der Waals surface area (Å²) >= 11 is 0. The number of nitrogens with zero attached hydrogens (tertiary/aromatic N) is 1. The van der Waals surface area contributed by atoms with E-state index in [1.54, 1.807) is 19.1 Å². The molecule has 0 aromatic heterocycles. The number of carbonyl (C=O) groups excluding carboxylic acids is 2. The first-order chi connectivity index (χ1) is 9.36. The summed E-state index contributed by atoms with van der Waals surface area (Å²) in [7, 11) is 0. The predicted octanol–water partition coefficient (Wildman–Crippen LogP) is 1.26. The van der Waals surface area contributed by atoms with Crippen LogP contribution < -0.4 is 11.5 Å². The van der Waals surface area contributed by atoms with Gasteiger partial charge < -0.3 is 21.1 Å². The molecule has 0 radical (unpaired) electrons. The number of nitrogen functional groups attached to an aromatic ring is 2. The van der Waals surface area contributed by atoms with Gasteiger partial charge in [0.05, 0.1) is 12.2 Å². The molecule has 0 aliphatic heterocycles. The largest absolute Gasteiger partial charge is 0.465 e. The molecule has 0 unspecified atom stereocenters. The second-order valence-electron chi connectivity index (χ2n) is 4.68. The van der Waals surface area contributed by atoms with Crippen molar-refractivity contribution in [1.29, 1.82) is 0 Å². The molecule has 6 heteroatoms. The van der Waals surface area contributed by atoms with Gasteiger partial charge in [-0.15, -0.1) is 0 Å². The van der Waals surface area contributed by atoms with E-state index in [2.05, 4.69) is 0 Å². The van der Waals surface area contributed by atoms with Gasteiger partial charge in [0.25, 0.3) is 5.91 Å². The van der Waals surface area contributed by atoms with Crippen molar-refractivity contribution in [3.63, 3.8) is 0 Å². The number of benzene rings is 1. The van der Waals surface area contributed by atoms with Gasteiger partial charge in [-0.05, 0) is 39.0 Å². The van der Waals surface area contributed by atoms with E-state index in [0.29, 0.717) is 16.9 Å². The number of hydrogen-bond acceptors (Lipinski definition) is 5. The van der Waals surface area contributed by atoms with Gasteiger partial charge in [-0.25, -0.2) is 0 Å². The van der Waals surface area contributed by atoms with E-state index in [-0.39, 0.29) is 25.1 Å². The van der Waals surface area contributed by atoms with Gasteiger partial charge in [-0.2, -0.15) is 0 Å². The van der Waals surface area contributed by atoms with Crippen LogP contribution in [0, 0.1) is 0 Å². The van der Waals surface area contributed by atoms with Gasteiger partial charge in [-0.1, -0.05) is 0 Å². The Balaban J connectivity index is 2.96. The topological polar surface area (TPSA) is 98.6 Å². The van der Waals surface area contributed by atoms with Crippen molar-refractivity contribution in [2.45, 2.75) is 26.8 Å². The Morgan fingerprint density at radius 3 is 2.45 bits per heavy atom. The molecule has 1 aromatic carbocycles. The molecule has 1 amide bonds. The maximum atomic E-state index is 12.5. The summed E-state index contributed by atoms with van der Waals surface area (Å²) in [4.78, 5) is 25.4. The van der Waals surface area contributed by atoms with Gasteiger partial charge in [-0.3, -0.25) is 9.59 Å². The van der Waals surface area contributed by atoms with E-state index in [4.69, 9.17) is 16.2 Å². The lowest BCUT2D eigenvalue weighted by Crippen LogP contribution is -2.41. The van der Waals surface area contributed by atoms with Crippen molar-refractivity contribution in [2.24, 2.45) is 0 Å². The molecule has 1 aromatic rings. The Morgan fingerprint density at radius 2 is 1.95 bits per heavy atom. The normalized spacial score (nSPS) is 10.4. The van der Waals surface area contributed by atoms with Crippen LogP contribution in [-0.4, -0.2) is 36.0 Å². The van der Waals surface area contributed by atoms with Crippen LogP contribution in [0.4, 0.5) is 11.4 Å². The molecule has 0 atom stereocenters.